The molecule has 0 fully saturated rings. The van der Waals surface area contributed by atoms with Gasteiger partial charge >= 0.3 is 0 Å². The van der Waals surface area contributed by atoms with Gasteiger partial charge < -0.3 is 11.1 Å². The van der Waals surface area contributed by atoms with E-state index in [9.17, 15) is 9.59 Å². The molecule has 25 heavy (non-hydrogen) atoms. The molecule has 0 aromatic carbocycles. The fourth-order valence-electron chi connectivity index (χ4n) is 1.76. The number of rotatable bonds is 10. The Labute approximate surface area is 162 Å². The molecule has 0 rings (SSSR count). The molecular formula is C18H44N4O2S. The molecule has 154 valence electrons. The van der Waals surface area contributed by atoms with Gasteiger partial charge in [-0.2, -0.15) is 4.83 Å². The monoisotopic (exact) mass is 380 g/mol. The van der Waals surface area contributed by atoms with E-state index in [4.69, 9.17) is 5.73 Å². The number of nitrogens with one attached hydrogen (secondary N) is 3. The number of thiol groups is 1. The molecule has 0 radical (unpaired) electrons. The van der Waals surface area contributed by atoms with Gasteiger partial charge in [0.05, 0.1) is 0 Å². The maximum Gasteiger partial charge on any atom is 0.235 e. The summed E-state index contributed by atoms with van der Waals surface area (Å²) in [6.45, 7) is 17.5. The van der Waals surface area contributed by atoms with E-state index in [-0.39, 0.29) is 24.7 Å². The Morgan fingerprint density at radius 3 is 1.88 bits per heavy atom. The van der Waals surface area contributed by atoms with Crippen LogP contribution >= 0.6 is 12.8 Å². The van der Waals surface area contributed by atoms with E-state index in [2.05, 4.69) is 42.2 Å². The summed E-state index contributed by atoms with van der Waals surface area (Å²) in [6, 6.07) is 0. The summed E-state index contributed by atoms with van der Waals surface area (Å²) in [4.78, 5) is 24.9. The Kier molecular flexibility index (Phi) is 35.8. The third kappa shape index (κ3) is 25.6. The largest absolute Gasteiger partial charge is 0.356 e. The lowest BCUT2D eigenvalue weighted by atomic mass is 9.93. The third-order valence-electron chi connectivity index (χ3n) is 3.08. The molecule has 5 N–H and O–H groups in total. The van der Waals surface area contributed by atoms with Crippen LogP contribution in [0.25, 0.3) is 0 Å². The molecule has 2 atom stereocenters. The highest BCUT2D eigenvalue weighted by Gasteiger charge is 2.12. The molecule has 0 aliphatic rings. The van der Waals surface area contributed by atoms with Crippen molar-refractivity contribution in [3.05, 3.63) is 0 Å². The fraction of sp³-hybridized carbons (Fsp3) is 0.889. The first kappa shape index (κ1) is 31.9. The third-order valence-corrected chi connectivity index (χ3v) is 3.19. The molecule has 0 aliphatic carbocycles. The minimum atomic E-state index is -0.256. The summed E-state index contributed by atoms with van der Waals surface area (Å²) in [6.07, 6.45) is 2.35. The summed E-state index contributed by atoms with van der Waals surface area (Å²) < 4.78 is 0. The van der Waals surface area contributed by atoms with Crippen LogP contribution in [0.15, 0.2) is 0 Å². The van der Waals surface area contributed by atoms with E-state index in [0.29, 0.717) is 24.9 Å². The SMILES string of the molecule is CC.CC.CC.CCC(CNC(=O)CCC(=O)NNS)CC(C)CN. The fourth-order valence-corrected chi connectivity index (χ4v) is 1.88. The van der Waals surface area contributed by atoms with Gasteiger partial charge in [-0.05, 0) is 24.8 Å². The first-order chi connectivity index (χ1) is 12.0. The van der Waals surface area contributed by atoms with Crippen molar-refractivity contribution in [3.8, 4) is 0 Å². The molecule has 0 aromatic heterocycles. The maximum absolute atomic E-state index is 11.6. The highest BCUT2D eigenvalue weighted by atomic mass is 32.1. The molecule has 0 saturated heterocycles. The first-order valence-electron chi connectivity index (χ1n) is 9.68. The Morgan fingerprint density at radius 2 is 1.48 bits per heavy atom. The zero-order valence-corrected chi connectivity index (χ0v) is 18.6. The van der Waals surface area contributed by atoms with E-state index in [1.165, 1.54) is 0 Å². The van der Waals surface area contributed by atoms with Crippen LogP contribution in [0.1, 0.15) is 81.1 Å². The number of amides is 2. The molecule has 0 heterocycles. The number of nitrogens with two attached hydrogens (primary N) is 1. The Morgan fingerprint density at radius 1 is 1.00 bits per heavy atom. The standard InChI is InChI=1S/C12H26N4O2S.3C2H6/c1-3-10(6-9(2)7-13)8-14-11(17)4-5-12(18)15-16-19;3*1-2/h9-10,16,19H,3-8,13H2,1-2H3,(H,14,17)(H,15,18);3*1-2H3. The van der Waals surface area contributed by atoms with E-state index in [1.54, 1.807) is 0 Å². The van der Waals surface area contributed by atoms with Crippen LogP contribution in [-0.2, 0) is 9.59 Å². The predicted octanol–water partition coefficient (Wildman–Crippen LogP) is 3.44. The Hall–Kier alpha value is -0.790. The molecule has 0 bridgehead atoms. The second-order valence-electron chi connectivity index (χ2n) is 4.81. The van der Waals surface area contributed by atoms with Crippen LogP contribution in [0.2, 0.25) is 0 Å². The molecule has 0 saturated carbocycles. The van der Waals surface area contributed by atoms with Gasteiger partial charge in [0.1, 0.15) is 0 Å². The molecule has 0 aliphatic heterocycles. The van der Waals surface area contributed by atoms with Crippen LogP contribution in [0, 0.1) is 11.8 Å². The number of carbonyl (C=O) groups is 2. The number of carbonyl (C=O) groups excluding carboxylic acids is 2. The van der Waals surface area contributed by atoms with Crippen molar-refractivity contribution in [3.63, 3.8) is 0 Å². The topological polar surface area (TPSA) is 96.2 Å². The summed E-state index contributed by atoms with van der Waals surface area (Å²) >= 11 is 3.63. The molecule has 6 nitrogen and oxygen atoms in total. The molecule has 7 heteroatoms. The summed E-state index contributed by atoms with van der Waals surface area (Å²) in [5.41, 5.74) is 7.89. The average Bonchev–Trinajstić information content (AvgIpc) is 2.68. The smallest absolute Gasteiger partial charge is 0.235 e. The molecule has 2 amide bonds. The van der Waals surface area contributed by atoms with Gasteiger partial charge in [0.15, 0.2) is 0 Å². The molecular weight excluding hydrogens is 336 g/mol. The second-order valence-corrected chi connectivity index (χ2v) is 5.04. The number of hydrogen-bond donors (Lipinski definition) is 5. The molecule has 2 unspecified atom stereocenters. The normalized spacial score (nSPS) is 11.1. The van der Waals surface area contributed by atoms with E-state index in [1.807, 2.05) is 41.5 Å². The summed E-state index contributed by atoms with van der Waals surface area (Å²) in [5.74, 6) is 0.548. The van der Waals surface area contributed by atoms with Crippen molar-refractivity contribution < 1.29 is 9.59 Å². The lowest BCUT2D eigenvalue weighted by Crippen LogP contribution is -2.34. The zero-order valence-electron chi connectivity index (χ0n) is 17.7. The van der Waals surface area contributed by atoms with Gasteiger partial charge in [-0.15, -0.1) is 0 Å². The van der Waals surface area contributed by atoms with Crippen molar-refractivity contribution >= 4 is 24.6 Å². The van der Waals surface area contributed by atoms with Crippen LogP contribution in [0.5, 0.6) is 0 Å². The van der Waals surface area contributed by atoms with Gasteiger partial charge in [0.2, 0.25) is 11.8 Å². The average molecular weight is 381 g/mol. The second kappa shape index (κ2) is 28.0. The zero-order chi connectivity index (χ0) is 20.7. The number of hydrazine groups is 1. The van der Waals surface area contributed by atoms with E-state index in [0.717, 1.165) is 12.8 Å². The van der Waals surface area contributed by atoms with Gasteiger partial charge in [-0.1, -0.05) is 74.6 Å². The predicted molar refractivity (Wildman–Crippen MR) is 113 cm³/mol. The highest BCUT2D eigenvalue weighted by Crippen LogP contribution is 2.13. The summed E-state index contributed by atoms with van der Waals surface area (Å²) in [7, 11) is 0. The van der Waals surface area contributed by atoms with Crippen molar-refractivity contribution in [2.24, 2.45) is 17.6 Å². The Balaban J connectivity index is -0.000000329. The molecule has 0 aromatic rings. The lowest BCUT2D eigenvalue weighted by molar-refractivity contribution is -0.126. The van der Waals surface area contributed by atoms with Crippen LogP contribution < -0.4 is 21.3 Å². The van der Waals surface area contributed by atoms with Gasteiger partial charge in [-0.3, -0.25) is 15.0 Å². The van der Waals surface area contributed by atoms with Crippen molar-refractivity contribution in [1.29, 1.82) is 0 Å². The van der Waals surface area contributed by atoms with E-state index < -0.39 is 0 Å². The highest BCUT2D eigenvalue weighted by molar-refractivity contribution is 7.78. The van der Waals surface area contributed by atoms with Crippen LogP contribution in [-0.4, -0.2) is 24.9 Å². The Bertz CT molecular complexity index is 280. The first-order valence-corrected chi connectivity index (χ1v) is 10.1. The van der Waals surface area contributed by atoms with Crippen LogP contribution in [0.3, 0.4) is 0 Å². The van der Waals surface area contributed by atoms with Gasteiger partial charge in [0.25, 0.3) is 0 Å². The van der Waals surface area contributed by atoms with Gasteiger partial charge in [-0.25, -0.2) is 0 Å². The quantitative estimate of drug-likeness (QED) is 0.296. The summed E-state index contributed by atoms with van der Waals surface area (Å²) in [5, 5.41) is 2.86. The lowest BCUT2D eigenvalue weighted by Gasteiger charge is -2.19. The minimum absolute atomic E-state index is 0.104. The molecule has 0 spiro atoms. The van der Waals surface area contributed by atoms with Crippen molar-refractivity contribution in [2.75, 3.05) is 13.1 Å². The maximum atomic E-state index is 11.6. The van der Waals surface area contributed by atoms with Crippen molar-refractivity contribution in [2.45, 2.75) is 81.1 Å². The van der Waals surface area contributed by atoms with Crippen molar-refractivity contribution in [1.82, 2.24) is 15.6 Å². The van der Waals surface area contributed by atoms with E-state index >= 15 is 0 Å². The van der Waals surface area contributed by atoms with Gasteiger partial charge in [0, 0.05) is 19.4 Å². The minimum Gasteiger partial charge on any atom is -0.356 e. The number of hydrogen-bond acceptors (Lipinski definition) is 5. The van der Waals surface area contributed by atoms with Crippen LogP contribution in [0.4, 0.5) is 0 Å².